The second kappa shape index (κ2) is 3.72. The van der Waals surface area contributed by atoms with Gasteiger partial charge in [-0.2, -0.15) is 4.98 Å². The predicted molar refractivity (Wildman–Crippen MR) is 42.5 cm³/mol. The summed E-state index contributed by atoms with van der Waals surface area (Å²) in [5.74, 6) is 1.28. The molecule has 0 atom stereocenters. The normalized spacial score (nSPS) is 10.9. The highest BCUT2D eigenvalue weighted by atomic mass is 35.5. The summed E-state index contributed by atoms with van der Waals surface area (Å²) >= 11 is 5.46. The first-order chi connectivity index (χ1) is 5.18. The fourth-order valence-electron chi connectivity index (χ4n) is 0.748. The van der Waals surface area contributed by atoms with Crippen molar-refractivity contribution in [2.24, 2.45) is 5.92 Å². The van der Waals surface area contributed by atoms with Gasteiger partial charge in [-0.25, -0.2) is 0 Å². The van der Waals surface area contributed by atoms with Crippen LogP contribution in [0.1, 0.15) is 26.2 Å². The van der Waals surface area contributed by atoms with Gasteiger partial charge in [0, 0.05) is 6.42 Å². The molecular weight excluding hydrogens is 164 g/mol. The van der Waals surface area contributed by atoms with E-state index in [0.717, 1.165) is 12.8 Å². The molecule has 0 radical (unpaired) electrons. The molecule has 0 aliphatic carbocycles. The summed E-state index contributed by atoms with van der Waals surface area (Å²) < 4.78 is 4.82. The number of hydrogen-bond donors (Lipinski definition) is 0. The lowest BCUT2D eigenvalue weighted by molar-refractivity contribution is 0.367. The number of hydrogen-bond acceptors (Lipinski definition) is 3. The Hall–Kier alpha value is -0.570. The van der Waals surface area contributed by atoms with E-state index in [-0.39, 0.29) is 5.28 Å². The molecule has 0 spiro atoms. The molecule has 1 aromatic rings. The first-order valence-electron chi connectivity index (χ1n) is 3.66. The number of nitrogens with zero attached hydrogens (tertiary/aromatic N) is 2. The van der Waals surface area contributed by atoms with E-state index in [4.69, 9.17) is 16.1 Å². The monoisotopic (exact) mass is 174 g/mol. The van der Waals surface area contributed by atoms with E-state index in [9.17, 15) is 0 Å². The van der Waals surface area contributed by atoms with E-state index in [1.807, 2.05) is 0 Å². The topological polar surface area (TPSA) is 38.9 Å². The summed E-state index contributed by atoms with van der Waals surface area (Å²) in [7, 11) is 0. The van der Waals surface area contributed by atoms with Gasteiger partial charge < -0.3 is 4.52 Å². The minimum Gasteiger partial charge on any atom is -0.338 e. The molecule has 0 aliphatic rings. The maximum absolute atomic E-state index is 5.46. The highest BCUT2D eigenvalue weighted by Gasteiger charge is 2.03. The van der Waals surface area contributed by atoms with Crippen molar-refractivity contribution in [3.8, 4) is 0 Å². The standard InChI is InChI=1S/C7H11ClN2O/c1-5(2)3-4-6-9-7(8)10-11-6/h5H,3-4H2,1-2H3. The summed E-state index contributed by atoms with van der Waals surface area (Å²) in [6, 6.07) is 0. The zero-order valence-electron chi connectivity index (χ0n) is 6.67. The van der Waals surface area contributed by atoms with Crippen molar-refractivity contribution in [2.75, 3.05) is 0 Å². The molecule has 1 aromatic heterocycles. The zero-order valence-corrected chi connectivity index (χ0v) is 7.43. The third kappa shape index (κ3) is 2.89. The Morgan fingerprint density at radius 3 is 2.73 bits per heavy atom. The molecule has 3 nitrogen and oxygen atoms in total. The maximum Gasteiger partial charge on any atom is 0.263 e. The minimum atomic E-state index is 0.198. The van der Waals surface area contributed by atoms with E-state index in [1.54, 1.807) is 0 Å². The van der Waals surface area contributed by atoms with E-state index < -0.39 is 0 Å². The molecule has 0 saturated carbocycles. The van der Waals surface area contributed by atoms with Gasteiger partial charge in [-0.1, -0.05) is 13.8 Å². The van der Waals surface area contributed by atoms with Gasteiger partial charge in [0.15, 0.2) is 0 Å². The Kier molecular flexibility index (Phi) is 2.88. The fourth-order valence-corrected chi connectivity index (χ4v) is 0.877. The number of halogens is 1. The van der Waals surface area contributed by atoms with Crippen LogP contribution in [0.15, 0.2) is 4.52 Å². The molecule has 0 unspecified atom stereocenters. The molecule has 11 heavy (non-hydrogen) atoms. The largest absolute Gasteiger partial charge is 0.338 e. The van der Waals surface area contributed by atoms with Crippen LogP contribution in [-0.2, 0) is 6.42 Å². The van der Waals surface area contributed by atoms with Crippen LogP contribution in [0.5, 0.6) is 0 Å². The molecule has 0 saturated heterocycles. The lowest BCUT2D eigenvalue weighted by Crippen LogP contribution is -1.91. The summed E-state index contributed by atoms with van der Waals surface area (Å²) in [6.45, 7) is 4.30. The molecule has 4 heteroatoms. The highest BCUT2D eigenvalue weighted by Crippen LogP contribution is 2.08. The van der Waals surface area contributed by atoms with Crippen molar-refractivity contribution < 1.29 is 4.52 Å². The van der Waals surface area contributed by atoms with Crippen LogP contribution in [0.3, 0.4) is 0 Å². The van der Waals surface area contributed by atoms with Crippen LogP contribution in [0.4, 0.5) is 0 Å². The van der Waals surface area contributed by atoms with Crippen LogP contribution in [-0.4, -0.2) is 10.1 Å². The van der Waals surface area contributed by atoms with Crippen molar-refractivity contribution in [1.82, 2.24) is 10.1 Å². The van der Waals surface area contributed by atoms with E-state index in [1.165, 1.54) is 0 Å². The summed E-state index contributed by atoms with van der Waals surface area (Å²) in [5, 5.41) is 3.67. The number of aryl methyl sites for hydroxylation is 1. The van der Waals surface area contributed by atoms with Gasteiger partial charge in [-0.3, -0.25) is 0 Å². The zero-order chi connectivity index (χ0) is 8.27. The van der Waals surface area contributed by atoms with Gasteiger partial charge in [0.05, 0.1) is 0 Å². The third-order valence-corrected chi connectivity index (χ3v) is 1.53. The average molecular weight is 175 g/mol. The van der Waals surface area contributed by atoms with Crippen LogP contribution in [0.2, 0.25) is 5.28 Å². The van der Waals surface area contributed by atoms with E-state index in [2.05, 4.69) is 24.0 Å². The SMILES string of the molecule is CC(C)CCc1nc(Cl)no1. The molecule has 62 valence electrons. The lowest BCUT2D eigenvalue weighted by atomic mass is 10.1. The Balaban J connectivity index is 2.39. The van der Waals surface area contributed by atoms with Crippen molar-refractivity contribution in [3.63, 3.8) is 0 Å². The Labute approximate surface area is 70.7 Å². The number of rotatable bonds is 3. The van der Waals surface area contributed by atoms with E-state index in [0.29, 0.717) is 11.8 Å². The second-order valence-electron chi connectivity index (χ2n) is 2.89. The van der Waals surface area contributed by atoms with Crippen molar-refractivity contribution >= 4 is 11.6 Å². The third-order valence-electron chi connectivity index (χ3n) is 1.38. The highest BCUT2D eigenvalue weighted by molar-refractivity contribution is 6.28. The Morgan fingerprint density at radius 2 is 2.27 bits per heavy atom. The molecule has 0 aromatic carbocycles. The number of aromatic nitrogens is 2. The van der Waals surface area contributed by atoms with E-state index >= 15 is 0 Å². The summed E-state index contributed by atoms with van der Waals surface area (Å²) in [5.41, 5.74) is 0. The van der Waals surface area contributed by atoms with Crippen molar-refractivity contribution in [2.45, 2.75) is 26.7 Å². The van der Waals surface area contributed by atoms with Crippen LogP contribution in [0, 0.1) is 5.92 Å². The minimum absolute atomic E-state index is 0.198. The Bertz CT molecular complexity index is 222. The first kappa shape index (κ1) is 8.53. The maximum atomic E-state index is 5.46. The fraction of sp³-hybridized carbons (Fsp3) is 0.714. The predicted octanol–water partition coefficient (Wildman–Crippen LogP) is 2.31. The molecule has 0 amide bonds. The molecule has 0 fully saturated rings. The Morgan fingerprint density at radius 1 is 1.55 bits per heavy atom. The van der Waals surface area contributed by atoms with Crippen LogP contribution >= 0.6 is 11.6 Å². The second-order valence-corrected chi connectivity index (χ2v) is 3.23. The van der Waals surface area contributed by atoms with Gasteiger partial charge in [-0.15, -0.1) is 0 Å². The lowest BCUT2D eigenvalue weighted by Gasteiger charge is -1.98. The van der Waals surface area contributed by atoms with Gasteiger partial charge in [0.2, 0.25) is 5.89 Å². The summed E-state index contributed by atoms with van der Waals surface area (Å²) in [6.07, 6.45) is 1.87. The van der Waals surface area contributed by atoms with Gasteiger partial charge in [0.1, 0.15) is 0 Å². The quantitative estimate of drug-likeness (QED) is 0.706. The smallest absolute Gasteiger partial charge is 0.263 e. The van der Waals surface area contributed by atoms with Crippen molar-refractivity contribution in [3.05, 3.63) is 11.2 Å². The molecule has 1 heterocycles. The molecule has 0 N–H and O–H groups in total. The molecule has 1 rings (SSSR count). The van der Waals surface area contributed by atoms with Crippen LogP contribution < -0.4 is 0 Å². The van der Waals surface area contributed by atoms with Gasteiger partial charge in [-0.05, 0) is 29.1 Å². The van der Waals surface area contributed by atoms with Crippen molar-refractivity contribution in [1.29, 1.82) is 0 Å². The van der Waals surface area contributed by atoms with Gasteiger partial charge >= 0.3 is 0 Å². The molecule has 0 bridgehead atoms. The average Bonchev–Trinajstić information content (AvgIpc) is 2.31. The molecule has 0 aliphatic heterocycles. The molecular formula is C7H11ClN2O. The summed E-state index contributed by atoms with van der Waals surface area (Å²) in [4.78, 5) is 3.87. The first-order valence-corrected chi connectivity index (χ1v) is 4.04. The van der Waals surface area contributed by atoms with Gasteiger partial charge in [0.25, 0.3) is 5.28 Å². The van der Waals surface area contributed by atoms with Crippen LogP contribution in [0.25, 0.3) is 0 Å².